The van der Waals surface area contributed by atoms with E-state index >= 15 is 0 Å². The first kappa shape index (κ1) is 30.1. The first-order valence-electron chi connectivity index (χ1n) is 13.5. The van der Waals surface area contributed by atoms with Crippen molar-refractivity contribution in [1.82, 2.24) is 0 Å². The van der Waals surface area contributed by atoms with E-state index in [9.17, 15) is 9.59 Å². The Balaban J connectivity index is 1.83. The summed E-state index contributed by atoms with van der Waals surface area (Å²) < 4.78 is 27.3. The van der Waals surface area contributed by atoms with Crippen LogP contribution >= 0.6 is 0 Å². The second-order valence-electron chi connectivity index (χ2n) is 10.1. The first-order valence-corrected chi connectivity index (χ1v) is 13.5. The zero-order chi connectivity index (χ0) is 26.2. The van der Waals surface area contributed by atoms with Gasteiger partial charge in [-0.2, -0.15) is 0 Å². The van der Waals surface area contributed by atoms with E-state index in [4.69, 9.17) is 23.7 Å². The Morgan fingerprint density at radius 3 is 2.50 bits per heavy atom. The van der Waals surface area contributed by atoms with Crippen LogP contribution in [-0.2, 0) is 41.4 Å². The minimum atomic E-state index is -0.540. The lowest BCUT2D eigenvalue weighted by molar-refractivity contribution is -0.162. The molecule has 1 aliphatic heterocycles. The molecule has 1 aromatic carbocycles. The lowest BCUT2D eigenvalue weighted by atomic mass is 9.88. The summed E-state index contributed by atoms with van der Waals surface area (Å²) in [5, 5.41) is 0. The number of rotatable bonds is 17. The minimum absolute atomic E-state index is 0.00889. The van der Waals surface area contributed by atoms with E-state index in [-0.39, 0.29) is 18.2 Å². The molecule has 1 saturated heterocycles. The lowest BCUT2D eigenvalue weighted by Gasteiger charge is -2.22. The molecule has 0 N–H and O–H groups in total. The molecular formula is C29H46O7. The molecule has 2 rings (SSSR count). The lowest BCUT2D eigenvalue weighted by Crippen LogP contribution is -2.26. The van der Waals surface area contributed by atoms with Crippen molar-refractivity contribution in [2.24, 2.45) is 5.41 Å². The number of ether oxygens (including phenoxy) is 5. The highest BCUT2D eigenvalue weighted by molar-refractivity contribution is 5.75. The van der Waals surface area contributed by atoms with Gasteiger partial charge in [-0.1, -0.05) is 25.0 Å². The molecule has 0 spiro atoms. The van der Waals surface area contributed by atoms with Crippen molar-refractivity contribution in [3.8, 4) is 5.75 Å². The van der Waals surface area contributed by atoms with Gasteiger partial charge >= 0.3 is 11.9 Å². The van der Waals surface area contributed by atoms with Gasteiger partial charge in [-0.25, -0.2) is 0 Å². The number of hydrogen-bond acceptors (Lipinski definition) is 7. The second-order valence-corrected chi connectivity index (χ2v) is 10.1. The number of carbonyl (C=O) groups is 2. The topological polar surface area (TPSA) is 80.3 Å². The van der Waals surface area contributed by atoms with Gasteiger partial charge in [0.1, 0.15) is 5.75 Å². The van der Waals surface area contributed by atoms with Crippen molar-refractivity contribution < 1.29 is 33.3 Å². The van der Waals surface area contributed by atoms with E-state index in [0.29, 0.717) is 25.9 Å². The van der Waals surface area contributed by atoms with Crippen LogP contribution in [0, 0.1) is 5.41 Å². The molecule has 0 aliphatic carbocycles. The zero-order valence-corrected chi connectivity index (χ0v) is 22.8. The van der Waals surface area contributed by atoms with Crippen molar-refractivity contribution in [1.29, 1.82) is 0 Å². The monoisotopic (exact) mass is 506 g/mol. The van der Waals surface area contributed by atoms with Gasteiger partial charge in [0.05, 0.1) is 26.2 Å². The number of carbonyl (C=O) groups excluding carboxylic acids is 2. The van der Waals surface area contributed by atoms with E-state index in [1.807, 2.05) is 26.0 Å². The first-order chi connectivity index (χ1) is 17.4. The van der Waals surface area contributed by atoms with Gasteiger partial charge in [0.2, 0.25) is 0 Å². The van der Waals surface area contributed by atoms with Gasteiger partial charge in [-0.05, 0) is 88.8 Å². The summed E-state index contributed by atoms with van der Waals surface area (Å²) in [4.78, 5) is 23.7. The fourth-order valence-corrected chi connectivity index (χ4v) is 4.50. The molecule has 1 aliphatic rings. The predicted octanol–water partition coefficient (Wildman–Crippen LogP) is 5.80. The van der Waals surface area contributed by atoms with Crippen molar-refractivity contribution >= 4 is 11.9 Å². The number of aryl methyl sites for hydroxylation is 1. The van der Waals surface area contributed by atoms with Gasteiger partial charge in [0, 0.05) is 19.6 Å². The maximum Gasteiger partial charge on any atom is 0.311 e. The third-order valence-corrected chi connectivity index (χ3v) is 6.76. The third-order valence-electron chi connectivity index (χ3n) is 6.76. The Kier molecular flexibility index (Phi) is 13.9. The zero-order valence-electron chi connectivity index (χ0n) is 22.8. The van der Waals surface area contributed by atoms with Crippen LogP contribution in [0.3, 0.4) is 0 Å². The van der Waals surface area contributed by atoms with Crippen molar-refractivity contribution in [2.45, 2.75) is 97.2 Å². The summed E-state index contributed by atoms with van der Waals surface area (Å²) in [7, 11) is 2.83. The van der Waals surface area contributed by atoms with Crippen LogP contribution in [0.15, 0.2) is 18.2 Å². The van der Waals surface area contributed by atoms with Crippen LogP contribution in [0.5, 0.6) is 5.75 Å². The Morgan fingerprint density at radius 1 is 0.972 bits per heavy atom. The summed E-state index contributed by atoms with van der Waals surface area (Å²) in [5.74, 6) is 0.378. The van der Waals surface area contributed by atoms with E-state index < -0.39 is 5.41 Å². The standard InChI is InChI=1S/C29H46O7/c1-29(2,28(31)33-4)19-12-22-34-25-15-11-14-23(24(25)17-18-26(30)32-3)13-7-5-6-9-20-35-27-16-8-10-21-36-27/h11,14-15,27H,5-10,12-13,16-22H2,1-4H3. The average Bonchev–Trinajstić information content (AvgIpc) is 2.89. The maximum absolute atomic E-state index is 11.9. The summed E-state index contributed by atoms with van der Waals surface area (Å²) in [6.07, 6.45) is 10.9. The number of unbranched alkanes of at least 4 members (excludes halogenated alkanes) is 3. The molecule has 7 nitrogen and oxygen atoms in total. The fourth-order valence-electron chi connectivity index (χ4n) is 4.50. The normalized spacial score (nSPS) is 15.9. The van der Waals surface area contributed by atoms with Gasteiger partial charge < -0.3 is 23.7 Å². The van der Waals surface area contributed by atoms with Crippen LogP contribution in [0.4, 0.5) is 0 Å². The molecule has 0 amide bonds. The smallest absolute Gasteiger partial charge is 0.311 e. The molecule has 0 aromatic heterocycles. The van der Waals surface area contributed by atoms with Crippen LogP contribution < -0.4 is 4.74 Å². The highest BCUT2D eigenvalue weighted by Crippen LogP contribution is 2.28. The van der Waals surface area contributed by atoms with Gasteiger partial charge in [0.25, 0.3) is 0 Å². The largest absolute Gasteiger partial charge is 0.493 e. The Hall–Kier alpha value is -2.12. The van der Waals surface area contributed by atoms with Crippen molar-refractivity contribution in [2.75, 3.05) is 34.0 Å². The maximum atomic E-state index is 11.9. The minimum Gasteiger partial charge on any atom is -0.493 e. The third kappa shape index (κ3) is 10.9. The number of methoxy groups -OCH3 is 2. The van der Waals surface area contributed by atoms with Crippen molar-refractivity contribution in [3.63, 3.8) is 0 Å². The SMILES string of the molecule is COC(=O)CCc1c(CCCCCCOC2CCCCO2)cccc1OCCCC(C)(C)C(=O)OC. The molecule has 7 heteroatoms. The van der Waals surface area contributed by atoms with Crippen molar-refractivity contribution in [3.05, 3.63) is 29.3 Å². The van der Waals surface area contributed by atoms with Crippen LogP contribution in [-0.4, -0.2) is 52.3 Å². The number of hydrogen-bond donors (Lipinski definition) is 0. The summed E-state index contributed by atoms with van der Waals surface area (Å²) in [6.45, 7) is 5.84. The van der Waals surface area contributed by atoms with E-state index in [0.717, 1.165) is 75.9 Å². The predicted molar refractivity (Wildman–Crippen MR) is 139 cm³/mol. The Labute approximate surface area is 217 Å². The molecular weight excluding hydrogens is 460 g/mol. The Bertz CT molecular complexity index is 784. The molecule has 1 atom stereocenters. The molecule has 0 bridgehead atoms. The van der Waals surface area contributed by atoms with Gasteiger partial charge in [-0.15, -0.1) is 0 Å². The number of benzene rings is 1. The molecule has 204 valence electrons. The molecule has 1 unspecified atom stereocenters. The van der Waals surface area contributed by atoms with Crippen LogP contribution in [0.1, 0.15) is 89.2 Å². The Morgan fingerprint density at radius 2 is 1.78 bits per heavy atom. The van der Waals surface area contributed by atoms with Crippen LogP contribution in [0.2, 0.25) is 0 Å². The average molecular weight is 507 g/mol. The van der Waals surface area contributed by atoms with Gasteiger partial charge in [-0.3, -0.25) is 9.59 Å². The highest BCUT2D eigenvalue weighted by Gasteiger charge is 2.28. The fraction of sp³-hybridized carbons (Fsp3) is 0.724. The molecule has 0 saturated carbocycles. The summed E-state index contributed by atoms with van der Waals surface area (Å²) >= 11 is 0. The number of esters is 2. The van der Waals surface area contributed by atoms with E-state index in [1.165, 1.54) is 26.2 Å². The van der Waals surface area contributed by atoms with Crippen LogP contribution in [0.25, 0.3) is 0 Å². The summed E-state index contributed by atoms with van der Waals surface area (Å²) in [5.41, 5.74) is 1.76. The molecule has 1 fully saturated rings. The van der Waals surface area contributed by atoms with Gasteiger partial charge in [0.15, 0.2) is 6.29 Å². The molecule has 1 heterocycles. The molecule has 1 aromatic rings. The quantitative estimate of drug-likeness (QED) is 0.195. The van der Waals surface area contributed by atoms with E-state index in [1.54, 1.807) is 0 Å². The van der Waals surface area contributed by atoms with E-state index in [2.05, 4.69) is 6.07 Å². The highest BCUT2D eigenvalue weighted by atomic mass is 16.7. The summed E-state index contributed by atoms with van der Waals surface area (Å²) in [6, 6.07) is 6.11. The molecule has 0 radical (unpaired) electrons. The molecule has 36 heavy (non-hydrogen) atoms. The second kappa shape index (κ2) is 16.6.